The zero-order valence-corrected chi connectivity index (χ0v) is 16.2. The van der Waals surface area contributed by atoms with E-state index in [1.165, 1.54) is 6.07 Å². The van der Waals surface area contributed by atoms with Crippen molar-refractivity contribution in [3.8, 4) is 0 Å². The zero-order chi connectivity index (χ0) is 19.9. The van der Waals surface area contributed by atoms with E-state index >= 15 is 0 Å². The van der Waals surface area contributed by atoms with E-state index in [1.807, 2.05) is 23.1 Å². The van der Waals surface area contributed by atoms with Crippen LogP contribution < -0.4 is 10.0 Å². The third-order valence-electron chi connectivity index (χ3n) is 4.89. The molecule has 28 heavy (non-hydrogen) atoms. The average Bonchev–Trinajstić information content (AvgIpc) is 3.23. The van der Waals surface area contributed by atoms with Crippen LogP contribution in [0.4, 0.5) is 5.69 Å². The molecule has 0 saturated heterocycles. The molecular formula is C20H20N2O5S. The van der Waals surface area contributed by atoms with Gasteiger partial charge in [0.05, 0.1) is 11.5 Å². The first-order valence-electron chi connectivity index (χ1n) is 8.96. The first-order valence-corrected chi connectivity index (χ1v) is 10.5. The lowest BCUT2D eigenvalue weighted by molar-refractivity contribution is 0.0491. The van der Waals surface area contributed by atoms with Crippen LogP contribution in [0.2, 0.25) is 0 Å². The highest BCUT2D eigenvalue weighted by atomic mass is 32.2. The molecule has 4 rings (SSSR count). The number of primary sulfonamides is 1. The minimum absolute atomic E-state index is 0.0702. The Kier molecular flexibility index (Phi) is 4.60. The molecule has 0 radical (unpaired) electrons. The Morgan fingerprint density at radius 2 is 2.04 bits per heavy atom. The average molecular weight is 400 g/mol. The van der Waals surface area contributed by atoms with Gasteiger partial charge in [0.15, 0.2) is 0 Å². The number of carbonyl (C=O) groups excluding carboxylic acids is 1. The highest BCUT2D eigenvalue weighted by Crippen LogP contribution is 2.34. The molecule has 0 bridgehead atoms. The van der Waals surface area contributed by atoms with Crippen molar-refractivity contribution < 1.29 is 22.4 Å². The van der Waals surface area contributed by atoms with Gasteiger partial charge in [-0.25, -0.2) is 18.4 Å². The standard InChI is InChI=1S/C20H20N2O5S/c1-2-26-20(23)19-16(15-5-3-4-6-18(15)27-19)12-22-10-9-13-7-8-14(11-17(13)22)28(21,24)25/h3-8,11H,2,9-10,12H2,1H3,(H2,21,24,25). The summed E-state index contributed by atoms with van der Waals surface area (Å²) >= 11 is 0. The van der Waals surface area contributed by atoms with Gasteiger partial charge in [0.1, 0.15) is 5.58 Å². The molecule has 146 valence electrons. The van der Waals surface area contributed by atoms with Crippen molar-refractivity contribution in [1.29, 1.82) is 0 Å². The smallest absolute Gasteiger partial charge is 0.374 e. The number of rotatable bonds is 5. The first kappa shape index (κ1) is 18.5. The molecule has 1 aliphatic heterocycles. The fourth-order valence-electron chi connectivity index (χ4n) is 3.57. The van der Waals surface area contributed by atoms with Crippen LogP contribution in [0.25, 0.3) is 11.0 Å². The maximum atomic E-state index is 12.4. The van der Waals surface area contributed by atoms with Crippen molar-refractivity contribution in [2.45, 2.75) is 24.8 Å². The number of hydrogen-bond donors (Lipinski definition) is 1. The van der Waals surface area contributed by atoms with E-state index in [0.717, 1.165) is 28.6 Å². The number of benzene rings is 2. The Morgan fingerprint density at radius 3 is 2.79 bits per heavy atom. The maximum absolute atomic E-state index is 12.4. The summed E-state index contributed by atoms with van der Waals surface area (Å²) in [6, 6.07) is 12.3. The number of anilines is 1. The molecular weight excluding hydrogens is 380 g/mol. The van der Waals surface area contributed by atoms with E-state index in [2.05, 4.69) is 0 Å². The van der Waals surface area contributed by atoms with Gasteiger partial charge in [-0.3, -0.25) is 0 Å². The largest absolute Gasteiger partial charge is 0.460 e. The first-order chi connectivity index (χ1) is 13.4. The van der Waals surface area contributed by atoms with Gasteiger partial charge >= 0.3 is 5.97 Å². The van der Waals surface area contributed by atoms with E-state index in [9.17, 15) is 13.2 Å². The maximum Gasteiger partial charge on any atom is 0.374 e. The van der Waals surface area contributed by atoms with Gasteiger partial charge < -0.3 is 14.1 Å². The number of esters is 1. The van der Waals surface area contributed by atoms with Crippen LogP contribution in [0.3, 0.4) is 0 Å². The molecule has 1 aliphatic rings. The second kappa shape index (κ2) is 6.96. The van der Waals surface area contributed by atoms with Crippen molar-refractivity contribution in [1.82, 2.24) is 0 Å². The molecule has 0 spiro atoms. The number of sulfonamides is 1. The summed E-state index contributed by atoms with van der Waals surface area (Å²) in [5.74, 6) is -0.328. The molecule has 0 unspecified atom stereocenters. The Bertz CT molecular complexity index is 1170. The Balaban J connectivity index is 1.76. The van der Waals surface area contributed by atoms with E-state index in [4.69, 9.17) is 14.3 Å². The predicted octanol–water partition coefficient (Wildman–Crippen LogP) is 2.82. The topological polar surface area (TPSA) is 103 Å². The summed E-state index contributed by atoms with van der Waals surface area (Å²) < 4.78 is 34.4. The molecule has 8 heteroatoms. The third kappa shape index (κ3) is 3.25. The highest BCUT2D eigenvalue weighted by Gasteiger charge is 2.27. The van der Waals surface area contributed by atoms with Gasteiger partial charge in [0.25, 0.3) is 0 Å². The van der Waals surface area contributed by atoms with Crippen LogP contribution in [0.1, 0.15) is 28.6 Å². The van der Waals surface area contributed by atoms with Crippen molar-refractivity contribution in [2.75, 3.05) is 18.1 Å². The number of nitrogens with two attached hydrogens (primary N) is 1. The Labute approximate surface area is 162 Å². The second-order valence-corrected chi connectivity index (χ2v) is 8.19. The lowest BCUT2D eigenvalue weighted by atomic mass is 10.1. The molecule has 2 N–H and O–H groups in total. The van der Waals surface area contributed by atoms with Crippen LogP contribution in [0.5, 0.6) is 0 Å². The van der Waals surface area contributed by atoms with Gasteiger partial charge in [0, 0.05) is 29.7 Å². The summed E-state index contributed by atoms with van der Waals surface area (Å²) in [5, 5.41) is 6.12. The molecule has 2 heterocycles. The molecule has 2 aromatic carbocycles. The number of furan rings is 1. The monoisotopic (exact) mass is 400 g/mol. The van der Waals surface area contributed by atoms with E-state index in [0.29, 0.717) is 18.7 Å². The lowest BCUT2D eigenvalue weighted by Gasteiger charge is -2.20. The highest BCUT2D eigenvalue weighted by molar-refractivity contribution is 7.89. The second-order valence-electron chi connectivity index (χ2n) is 6.63. The van der Waals surface area contributed by atoms with Gasteiger partial charge in [-0.15, -0.1) is 0 Å². The van der Waals surface area contributed by atoms with E-state index in [1.54, 1.807) is 25.1 Å². The van der Waals surface area contributed by atoms with Crippen LogP contribution in [0.15, 0.2) is 51.8 Å². The molecule has 0 saturated carbocycles. The SMILES string of the molecule is CCOC(=O)c1oc2ccccc2c1CN1CCc2ccc(S(N)(=O)=O)cc21. The Hall–Kier alpha value is -2.84. The number of fused-ring (bicyclic) bond motifs is 2. The molecule has 7 nitrogen and oxygen atoms in total. The molecule has 1 aromatic heterocycles. The number of ether oxygens (including phenoxy) is 1. The van der Waals surface area contributed by atoms with Crippen LogP contribution in [-0.4, -0.2) is 27.5 Å². The van der Waals surface area contributed by atoms with Crippen LogP contribution in [0, 0.1) is 0 Å². The quantitative estimate of drug-likeness (QED) is 0.661. The third-order valence-corrected chi connectivity index (χ3v) is 5.80. The molecule has 0 amide bonds. The summed E-state index contributed by atoms with van der Waals surface area (Å²) in [7, 11) is -3.79. The fourth-order valence-corrected chi connectivity index (χ4v) is 4.11. The summed E-state index contributed by atoms with van der Waals surface area (Å²) in [4.78, 5) is 14.5. The number of carbonyl (C=O) groups is 1. The normalized spacial score (nSPS) is 13.7. The van der Waals surface area contributed by atoms with Gasteiger partial charge in [-0.1, -0.05) is 24.3 Å². The fraction of sp³-hybridized carbons (Fsp3) is 0.250. The number of hydrogen-bond acceptors (Lipinski definition) is 6. The summed E-state index contributed by atoms with van der Waals surface area (Å²) in [6.45, 7) is 3.09. The lowest BCUT2D eigenvalue weighted by Crippen LogP contribution is -2.21. The van der Waals surface area contributed by atoms with E-state index < -0.39 is 16.0 Å². The summed E-state index contributed by atoms with van der Waals surface area (Å²) in [5.41, 5.74) is 3.17. The van der Waals surface area contributed by atoms with Crippen LogP contribution in [-0.2, 0) is 27.7 Å². The number of nitrogens with zero attached hydrogens (tertiary/aromatic N) is 1. The minimum atomic E-state index is -3.79. The van der Waals surface area contributed by atoms with Gasteiger partial charge in [-0.05, 0) is 37.1 Å². The van der Waals surface area contributed by atoms with E-state index in [-0.39, 0.29) is 17.3 Å². The van der Waals surface area contributed by atoms with Gasteiger partial charge in [0.2, 0.25) is 15.8 Å². The van der Waals surface area contributed by atoms with Crippen molar-refractivity contribution in [3.63, 3.8) is 0 Å². The summed E-state index contributed by atoms with van der Waals surface area (Å²) in [6.07, 6.45) is 0.782. The van der Waals surface area contributed by atoms with Gasteiger partial charge in [-0.2, -0.15) is 0 Å². The Morgan fingerprint density at radius 1 is 1.25 bits per heavy atom. The zero-order valence-electron chi connectivity index (χ0n) is 15.3. The predicted molar refractivity (Wildman–Crippen MR) is 105 cm³/mol. The van der Waals surface area contributed by atoms with Crippen molar-refractivity contribution in [3.05, 3.63) is 59.4 Å². The molecule has 0 aliphatic carbocycles. The minimum Gasteiger partial charge on any atom is -0.460 e. The molecule has 0 atom stereocenters. The molecule has 3 aromatic rings. The van der Waals surface area contributed by atoms with Crippen LogP contribution >= 0.6 is 0 Å². The molecule has 0 fully saturated rings. The van der Waals surface area contributed by atoms with Crippen molar-refractivity contribution in [2.24, 2.45) is 5.14 Å². The number of para-hydroxylation sites is 1. The van der Waals surface area contributed by atoms with Crippen molar-refractivity contribution >= 4 is 32.6 Å².